The molecule has 0 amide bonds. The third-order valence-electron chi connectivity index (χ3n) is 2.63. The van der Waals surface area contributed by atoms with Crippen LogP contribution in [0.15, 0.2) is 45.3 Å². The van der Waals surface area contributed by atoms with Crippen LogP contribution in [0.25, 0.3) is 11.6 Å². The summed E-state index contributed by atoms with van der Waals surface area (Å²) in [6, 6.07) is 12.7. The topological polar surface area (TPSA) is 44.0 Å². The van der Waals surface area contributed by atoms with Crippen LogP contribution in [-0.4, -0.2) is 5.11 Å². The van der Waals surface area contributed by atoms with Gasteiger partial charge < -0.3 is 5.11 Å². The number of allylic oxidation sites excluding steroid dienone is 1. The fourth-order valence-corrected chi connectivity index (χ4v) is 2.99. The van der Waals surface area contributed by atoms with E-state index in [9.17, 15) is 10.4 Å². The molecule has 2 aromatic rings. The molecule has 0 unspecified atom stereocenters. The second kappa shape index (κ2) is 6.45. The summed E-state index contributed by atoms with van der Waals surface area (Å²) in [5.74, 6) is 0.132. The maximum atomic E-state index is 9.68. The highest BCUT2D eigenvalue weighted by Crippen LogP contribution is 2.34. The lowest BCUT2D eigenvalue weighted by Gasteiger charge is -2.04. The van der Waals surface area contributed by atoms with E-state index in [4.69, 9.17) is 11.6 Å². The quantitative estimate of drug-likeness (QED) is 0.512. The molecule has 0 bridgehead atoms. The van der Waals surface area contributed by atoms with E-state index in [0.29, 0.717) is 19.5 Å². The summed E-state index contributed by atoms with van der Waals surface area (Å²) in [7, 11) is 0. The number of hydrogen-bond acceptors (Lipinski definition) is 2. The lowest BCUT2D eigenvalue weighted by Crippen LogP contribution is -1.83. The van der Waals surface area contributed by atoms with Crippen molar-refractivity contribution in [2.24, 2.45) is 0 Å². The number of nitrogens with zero attached hydrogens (tertiary/aromatic N) is 1. The fourth-order valence-electron chi connectivity index (χ4n) is 1.64. The minimum absolute atomic E-state index is 0.132. The molecule has 0 atom stereocenters. The minimum atomic E-state index is 0.132. The summed E-state index contributed by atoms with van der Waals surface area (Å²) in [6.45, 7) is 0. The van der Waals surface area contributed by atoms with Gasteiger partial charge in [-0.15, -0.1) is 0 Å². The molecule has 0 aliphatic rings. The molecule has 0 aromatic heterocycles. The Labute approximate surface area is 138 Å². The van der Waals surface area contributed by atoms with Crippen LogP contribution < -0.4 is 0 Å². The Morgan fingerprint density at radius 1 is 1.15 bits per heavy atom. The molecule has 0 aliphatic heterocycles. The molecule has 0 heterocycles. The van der Waals surface area contributed by atoms with Crippen molar-refractivity contribution >= 4 is 55.1 Å². The summed E-state index contributed by atoms with van der Waals surface area (Å²) >= 11 is 12.4. The molecular weight excluding hydrogens is 405 g/mol. The third kappa shape index (κ3) is 3.43. The van der Waals surface area contributed by atoms with Gasteiger partial charge in [-0.3, -0.25) is 0 Å². The van der Waals surface area contributed by atoms with Crippen molar-refractivity contribution < 1.29 is 5.11 Å². The SMILES string of the molecule is N#C/C(=C/c1cc(Br)c(O)c(Br)c1)c1ccc(Cl)cc1. The van der Waals surface area contributed by atoms with Gasteiger partial charge >= 0.3 is 0 Å². The standard InChI is InChI=1S/C15H8Br2ClNO/c16-13-6-9(7-14(17)15(13)20)5-11(8-19)10-1-3-12(18)4-2-10/h1-7,20H/b11-5-. The first-order valence-corrected chi connectivity index (χ1v) is 7.53. The molecule has 0 radical (unpaired) electrons. The Bertz CT molecular complexity index is 695. The van der Waals surface area contributed by atoms with Gasteiger partial charge in [0.2, 0.25) is 0 Å². The number of rotatable bonds is 2. The van der Waals surface area contributed by atoms with Gasteiger partial charge in [0.1, 0.15) is 5.75 Å². The van der Waals surface area contributed by atoms with E-state index in [-0.39, 0.29) is 5.75 Å². The average molecular weight is 413 g/mol. The summed E-state index contributed by atoms with van der Waals surface area (Å²) in [5, 5.41) is 19.6. The smallest absolute Gasteiger partial charge is 0.143 e. The van der Waals surface area contributed by atoms with Crippen molar-refractivity contribution in [1.82, 2.24) is 0 Å². The van der Waals surface area contributed by atoms with Gasteiger partial charge in [0, 0.05) is 5.02 Å². The van der Waals surface area contributed by atoms with Crippen LogP contribution in [-0.2, 0) is 0 Å². The number of phenols is 1. The van der Waals surface area contributed by atoms with Gasteiger partial charge in [-0.25, -0.2) is 0 Å². The van der Waals surface area contributed by atoms with Crippen LogP contribution in [0.4, 0.5) is 0 Å². The summed E-state index contributed by atoms with van der Waals surface area (Å²) in [5.41, 5.74) is 2.11. The van der Waals surface area contributed by atoms with Crippen molar-refractivity contribution in [3.8, 4) is 11.8 Å². The normalized spacial score (nSPS) is 11.2. The second-order valence-electron chi connectivity index (χ2n) is 4.01. The molecule has 1 N–H and O–H groups in total. The predicted molar refractivity (Wildman–Crippen MR) is 88.4 cm³/mol. The molecule has 0 saturated carbocycles. The Kier molecular flexibility index (Phi) is 4.87. The van der Waals surface area contributed by atoms with Gasteiger partial charge in [0.15, 0.2) is 0 Å². The van der Waals surface area contributed by atoms with Crippen LogP contribution in [0.5, 0.6) is 5.75 Å². The third-order valence-corrected chi connectivity index (χ3v) is 4.09. The minimum Gasteiger partial charge on any atom is -0.506 e. The fraction of sp³-hybridized carbons (Fsp3) is 0. The van der Waals surface area contributed by atoms with E-state index in [1.165, 1.54) is 0 Å². The van der Waals surface area contributed by atoms with Crippen LogP contribution in [0.3, 0.4) is 0 Å². The number of benzene rings is 2. The molecule has 0 aliphatic carbocycles. The zero-order valence-electron chi connectivity index (χ0n) is 10.1. The van der Waals surface area contributed by atoms with Gasteiger partial charge in [-0.2, -0.15) is 5.26 Å². The van der Waals surface area contributed by atoms with Crippen molar-refractivity contribution in [3.63, 3.8) is 0 Å². The maximum Gasteiger partial charge on any atom is 0.143 e. The highest BCUT2D eigenvalue weighted by molar-refractivity contribution is 9.11. The monoisotopic (exact) mass is 411 g/mol. The van der Waals surface area contributed by atoms with Gasteiger partial charge in [0.25, 0.3) is 0 Å². The lowest BCUT2D eigenvalue weighted by molar-refractivity contribution is 0.468. The molecule has 20 heavy (non-hydrogen) atoms. The summed E-state index contributed by atoms with van der Waals surface area (Å²) in [6.07, 6.45) is 1.75. The zero-order valence-corrected chi connectivity index (χ0v) is 14.0. The molecule has 2 aromatic carbocycles. The number of phenolic OH excluding ortho intramolecular Hbond substituents is 1. The maximum absolute atomic E-state index is 9.68. The highest BCUT2D eigenvalue weighted by atomic mass is 79.9. The Hall–Kier alpha value is -1.28. The second-order valence-corrected chi connectivity index (χ2v) is 6.15. The van der Waals surface area contributed by atoms with Crippen LogP contribution in [0.1, 0.15) is 11.1 Å². The van der Waals surface area contributed by atoms with Gasteiger partial charge in [0.05, 0.1) is 20.6 Å². The van der Waals surface area contributed by atoms with E-state index >= 15 is 0 Å². The van der Waals surface area contributed by atoms with E-state index in [1.54, 1.807) is 42.5 Å². The van der Waals surface area contributed by atoms with Crippen LogP contribution in [0.2, 0.25) is 5.02 Å². The molecule has 2 rings (SSSR count). The first-order chi connectivity index (χ1) is 9.51. The van der Waals surface area contributed by atoms with E-state index in [1.807, 2.05) is 0 Å². The van der Waals surface area contributed by atoms with Gasteiger partial charge in [-0.05, 0) is 73.3 Å². The molecule has 2 nitrogen and oxygen atoms in total. The van der Waals surface area contributed by atoms with E-state index in [0.717, 1.165) is 11.1 Å². The predicted octanol–water partition coefficient (Wildman–Crippen LogP) is 5.63. The lowest BCUT2D eigenvalue weighted by atomic mass is 10.0. The van der Waals surface area contributed by atoms with Crippen molar-refractivity contribution in [2.45, 2.75) is 0 Å². The summed E-state index contributed by atoms with van der Waals surface area (Å²) in [4.78, 5) is 0. The molecule has 100 valence electrons. The van der Waals surface area contributed by atoms with Crippen LogP contribution in [0, 0.1) is 11.3 Å². The van der Waals surface area contributed by atoms with Crippen molar-refractivity contribution in [3.05, 3.63) is 61.5 Å². The number of aromatic hydroxyl groups is 1. The molecule has 5 heteroatoms. The van der Waals surface area contributed by atoms with Crippen molar-refractivity contribution in [1.29, 1.82) is 5.26 Å². The Balaban J connectivity index is 2.47. The first kappa shape index (κ1) is 15.1. The largest absolute Gasteiger partial charge is 0.506 e. The summed E-state index contributed by atoms with van der Waals surface area (Å²) < 4.78 is 1.12. The molecule has 0 saturated heterocycles. The van der Waals surface area contributed by atoms with Crippen molar-refractivity contribution in [2.75, 3.05) is 0 Å². The average Bonchev–Trinajstić information content (AvgIpc) is 2.43. The first-order valence-electron chi connectivity index (χ1n) is 5.57. The number of hydrogen-bond donors (Lipinski definition) is 1. The van der Waals surface area contributed by atoms with Crippen LogP contribution >= 0.6 is 43.5 Å². The molecule has 0 spiro atoms. The Morgan fingerprint density at radius 2 is 1.70 bits per heavy atom. The molecular formula is C15H8Br2ClNO. The van der Waals surface area contributed by atoms with E-state index in [2.05, 4.69) is 37.9 Å². The highest BCUT2D eigenvalue weighted by Gasteiger charge is 2.06. The molecule has 0 fully saturated rings. The van der Waals surface area contributed by atoms with Gasteiger partial charge in [-0.1, -0.05) is 23.7 Å². The Morgan fingerprint density at radius 3 is 2.20 bits per heavy atom. The number of halogens is 3. The van der Waals surface area contributed by atoms with E-state index < -0.39 is 0 Å². The zero-order chi connectivity index (χ0) is 14.7. The number of nitriles is 1.